The van der Waals surface area contributed by atoms with Crippen molar-refractivity contribution in [2.75, 3.05) is 13.7 Å². The Kier molecular flexibility index (Phi) is 3.90. The Morgan fingerprint density at radius 3 is 2.83 bits per heavy atom. The number of carbonyl (C=O) groups is 1. The summed E-state index contributed by atoms with van der Waals surface area (Å²) >= 11 is 0. The standard InChI is InChI=1S/C15H21NO2/c1-11-7-8-13(18-3)10-14(11)15(17)16-9-5-4-6-12(16)2/h7-8,10,12H,4-6,9H2,1-3H3. The molecule has 0 radical (unpaired) electrons. The van der Waals surface area contributed by atoms with E-state index >= 15 is 0 Å². The summed E-state index contributed by atoms with van der Waals surface area (Å²) in [6, 6.07) is 6.03. The van der Waals surface area contributed by atoms with E-state index in [-0.39, 0.29) is 5.91 Å². The van der Waals surface area contributed by atoms with Crippen LogP contribution in [0.25, 0.3) is 0 Å². The van der Waals surface area contributed by atoms with E-state index in [0.717, 1.165) is 36.3 Å². The topological polar surface area (TPSA) is 29.5 Å². The number of aryl methyl sites for hydroxylation is 1. The van der Waals surface area contributed by atoms with Crippen molar-refractivity contribution < 1.29 is 9.53 Å². The fourth-order valence-electron chi connectivity index (χ4n) is 2.51. The van der Waals surface area contributed by atoms with Crippen molar-refractivity contribution in [2.24, 2.45) is 0 Å². The Labute approximate surface area is 109 Å². The molecule has 18 heavy (non-hydrogen) atoms. The lowest BCUT2D eigenvalue weighted by Gasteiger charge is -2.33. The molecule has 0 saturated carbocycles. The molecule has 1 amide bonds. The summed E-state index contributed by atoms with van der Waals surface area (Å²) in [5, 5.41) is 0. The molecule has 0 aliphatic carbocycles. The van der Waals surface area contributed by atoms with Crippen LogP contribution in [0, 0.1) is 6.92 Å². The summed E-state index contributed by atoms with van der Waals surface area (Å²) in [5.74, 6) is 0.882. The molecule has 1 aliphatic heterocycles. The lowest BCUT2D eigenvalue weighted by molar-refractivity contribution is 0.0634. The predicted molar refractivity (Wildman–Crippen MR) is 72.1 cm³/mol. The van der Waals surface area contributed by atoms with Crippen molar-refractivity contribution in [3.63, 3.8) is 0 Å². The van der Waals surface area contributed by atoms with Gasteiger partial charge in [-0.15, -0.1) is 0 Å². The molecule has 1 aromatic carbocycles. The van der Waals surface area contributed by atoms with Crippen LogP contribution in [0.1, 0.15) is 42.1 Å². The van der Waals surface area contributed by atoms with E-state index in [1.165, 1.54) is 6.42 Å². The van der Waals surface area contributed by atoms with Crippen molar-refractivity contribution in [1.82, 2.24) is 4.90 Å². The summed E-state index contributed by atoms with van der Waals surface area (Å²) < 4.78 is 5.20. The van der Waals surface area contributed by atoms with Crippen molar-refractivity contribution in [1.29, 1.82) is 0 Å². The van der Waals surface area contributed by atoms with Gasteiger partial charge < -0.3 is 9.64 Å². The molecular formula is C15H21NO2. The molecule has 1 fully saturated rings. The Morgan fingerprint density at radius 2 is 2.17 bits per heavy atom. The van der Waals surface area contributed by atoms with E-state index in [0.29, 0.717) is 6.04 Å². The third-order valence-electron chi connectivity index (χ3n) is 3.74. The van der Waals surface area contributed by atoms with Gasteiger partial charge in [0.25, 0.3) is 5.91 Å². The summed E-state index contributed by atoms with van der Waals surface area (Å²) in [6.07, 6.45) is 3.44. The maximum Gasteiger partial charge on any atom is 0.254 e. The minimum absolute atomic E-state index is 0.138. The number of rotatable bonds is 2. The molecule has 1 aliphatic rings. The highest BCUT2D eigenvalue weighted by atomic mass is 16.5. The second-order valence-corrected chi connectivity index (χ2v) is 5.02. The van der Waals surface area contributed by atoms with E-state index in [4.69, 9.17) is 4.74 Å². The third-order valence-corrected chi connectivity index (χ3v) is 3.74. The molecule has 0 aromatic heterocycles. The fraction of sp³-hybridized carbons (Fsp3) is 0.533. The maximum absolute atomic E-state index is 12.6. The van der Waals surface area contributed by atoms with Crippen LogP contribution >= 0.6 is 0 Å². The molecule has 3 nitrogen and oxygen atoms in total. The van der Waals surface area contributed by atoms with Gasteiger partial charge in [-0.2, -0.15) is 0 Å². The van der Waals surface area contributed by atoms with Gasteiger partial charge in [-0.3, -0.25) is 4.79 Å². The molecule has 0 bridgehead atoms. The number of hydrogen-bond acceptors (Lipinski definition) is 2. The number of carbonyl (C=O) groups excluding carboxylic acids is 1. The highest BCUT2D eigenvalue weighted by molar-refractivity contribution is 5.96. The van der Waals surface area contributed by atoms with Crippen LogP contribution in [0.15, 0.2) is 18.2 Å². The first kappa shape index (κ1) is 12.9. The minimum atomic E-state index is 0.138. The Hall–Kier alpha value is -1.51. The molecule has 98 valence electrons. The summed E-state index contributed by atoms with van der Waals surface area (Å²) in [7, 11) is 1.63. The largest absolute Gasteiger partial charge is 0.497 e. The zero-order valence-corrected chi connectivity index (χ0v) is 11.4. The lowest BCUT2D eigenvalue weighted by atomic mass is 10.0. The smallest absolute Gasteiger partial charge is 0.254 e. The van der Waals surface area contributed by atoms with E-state index in [2.05, 4.69) is 6.92 Å². The molecule has 0 N–H and O–H groups in total. The number of piperidine rings is 1. The summed E-state index contributed by atoms with van der Waals surface area (Å²) in [6.45, 7) is 4.98. The van der Waals surface area contributed by atoms with Gasteiger partial charge in [0, 0.05) is 18.2 Å². The van der Waals surface area contributed by atoms with Gasteiger partial charge >= 0.3 is 0 Å². The van der Waals surface area contributed by atoms with Crippen molar-refractivity contribution in [3.8, 4) is 5.75 Å². The van der Waals surface area contributed by atoms with Crippen molar-refractivity contribution in [2.45, 2.75) is 39.2 Å². The average Bonchev–Trinajstić information content (AvgIpc) is 2.39. The Morgan fingerprint density at radius 1 is 1.39 bits per heavy atom. The Bertz CT molecular complexity index is 442. The number of amides is 1. The van der Waals surface area contributed by atoms with E-state index in [1.54, 1.807) is 7.11 Å². The first-order valence-corrected chi connectivity index (χ1v) is 6.59. The second kappa shape index (κ2) is 5.42. The average molecular weight is 247 g/mol. The first-order valence-electron chi connectivity index (χ1n) is 6.59. The maximum atomic E-state index is 12.6. The van der Waals surface area contributed by atoms with Crippen LogP contribution in [-0.2, 0) is 0 Å². The SMILES string of the molecule is COc1ccc(C)c(C(=O)N2CCCCC2C)c1. The number of methoxy groups -OCH3 is 1. The highest BCUT2D eigenvalue weighted by Crippen LogP contribution is 2.23. The van der Waals surface area contributed by atoms with Gasteiger partial charge in [-0.05, 0) is 50.8 Å². The van der Waals surface area contributed by atoms with Crippen LogP contribution < -0.4 is 4.74 Å². The van der Waals surface area contributed by atoms with Crippen LogP contribution in [0.4, 0.5) is 0 Å². The van der Waals surface area contributed by atoms with Gasteiger partial charge in [-0.1, -0.05) is 6.07 Å². The van der Waals surface area contributed by atoms with Crippen LogP contribution in [0.5, 0.6) is 5.75 Å². The lowest BCUT2D eigenvalue weighted by Crippen LogP contribution is -2.42. The van der Waals surface area contributed by atoms with Gasteiger partial charge in [0.2, 0.25) is 0 Å². The van der Waals surface area contributed by atoms with Crippen LogP contribution in [0.3, 0.4) is 0 Å². The molecule has 0 spiro atoms. The Balaban J connectivity index is 2.27. The first-order chi connectivity index (χ1) is 8.63. The quantitative estimate of drug-likeness (QED) is 0.804. The summed E-state index contributed by atoms with van der Waals surface area (Å²) in [5.41, 5.74) is 1.78. The molecule has 1 aromatic rings. The molecular weight excluding hydrogens is 226 g/mol. The molecule has 1 saturated heterocycles. The van der Waals surface area contributed by atoms with Gasteiger partial charge in [0.1, 0.15) is 5.75 Å². The molecule has 2 rings (SSSR count). The van der Waals surface area contributed by atoms with E-state index in [9.17, 15) is 4.79 Å². The van der Waals surface area contributed by atoms with Gasteiger partial charge in [-0.25, -0.2) is 0 Å². The number of hydrogen-bond donors (Lipinski definition) is 0. The molecule has 1 atom stereocenters. The fourth-order valence-corrected chi connectivity index (χ4v) is 2.51. The zero-order chi connectivity index (χ0) is 13.1. The van der Waals surface area contributed by atoms with Gasteiger partial charge in [0.15, 0.2) is 0 Å². The third kappa shape index (κ3) is 2.50. The van der Waals surface area contributed by atoms with Gasteiger partial charge in [0.05, 0.1) is 7.11 Å². The minimum Gasteiger partial charge on any atom is -0.497 e. The monoisotopic (exact) mass is 247 g/mol. The van der Waals surface area contributed by atoms with Crippen molar-refractivity contribution >= 4 is 5.91 Å². The zero-order valence-electron chi connectivity index (χ0n) is 11.4. The number of likely N-dealkylation sites (tertiary alicyclic amines) is 1. The molecule has 1 heterocycles. The second-order valence-electron chi connectivity index (χ2n) is 5.02. The predicted octanol–water partition coefficient (Wildman–Crippen LogP) is 3.02. The molecule has 3 heteroatoms. The normalized spacial score (nSPS) is 19.7. The van der Waals surface area contributed by atoms with E-state index < -0.39 is 0 Å². The van der Waals surface area contributed by atoms with Crippen molar-refractivity contribution in [3.05, 3.63) is 29.3 Å². The number of benzene rings is 1. The highest BCUT2D eigenvalue weighted by Gasteiger charge is 2.25. The van der Waals surface area contributed by atoms with E-state index in [1.807, 2.05) is 30.0 Å². The number of nitrogens with zero attached hydrogens (tertiary/aromatic N) is 1. The summed E-state index contributed by atoms with van der Waals surface area (Å²) in [4.78, 5) is 14.6. The van der Waals surface area contributed by atoms with Crippen LogP contribution in [-0.4, -0.2) is 30.5 Å². The van der Waals surface area contributed by atoms with Crippen LogP contribution in [0.2, 0.25) is 0 Å². The number of ether oxygens (including phenoxy) is 1. The molecule has 1 unspecified atom stereocenters.